The van der Waals surface area contributed by atoms with Gasteiger partial charge in [0.15, 0.2) is 0 Å². The van der Waals surface area contributed by atoms with Gasteiger partial charge in [0, 0.05) is 18.8 Å². The Hall–Kier alpha value is -1.21. The fourth-order valence-electron chi connectivity index (χ4n) is 2.65. The first-order valence-electron chi connectivity index (χ1n) is 7.29. The van der Waals surface area contributed by atoms with Crippen LogP contribution < -0.4 is 10.6 Å². The number of alkyl halides is 3. The maximum Gasteiger partial charge on any atom is 0.417 e. The number of aromatic nitrogens is 1. The molecule has 1 saturated heterocycles. The number of halogens is 3. The molecule has 4 radical (unpaired) electrons. The third-order valence-electron chi connectivity index (χ3n) is 3.80. The van der Waals surface area contributed by atoms with Gasteiger partial charge in [-0.2, -0.15) is 13.2 Å². The highest BCUT2D eigenvalue weighted by molar-refractivity contribution is 6.42. The summed E-state index contributed by atoms with van der Waals surface area (Å²) in [5, 5.41) is 4.57. The summed E-state index contributed by atoms with van der Waals surface area (Å²) < 4.78 is 43.7. The number of aryl methyl sites for hydroxylation is 1. The molecule has 0 saturated carbocycles. The third-order valence-corrected chi connectivity index (χ3v) is 3.80. The summed E-state index contributed by atoms with van der Waals surface area (Å²) in [6, 6.07) is 0.573. The number of hydrogen-bond donors (Lipinski definition) is 2. The standard InChI is InChI=1S/C14H18B2F3N3O/c1-7-4-10(14(17,18)19)6-21-12(7)22-13(15,16)11-9(3)23-8(2)5-20-11/h4,6,8-9,11,20H,5H2,1-3H3,(H,21,22)/t8-,9+,11+/m1/s1. The van der Waals surface area contributed by atoms with Gasteiger partial charge in [-0.1, -0.05) is 0 Å². The molecule has 122 valence electrons. The second kappa shape index (κ2) is 6.36. The summed E-state index contributed by atoms with van der Waals surface area (Å²) in [4.78, 5) is 3.80. The Morgan fingerprint density at radius 3 is 2.52 bits per heavy atom. The van der Waals surface area contributed by atoms with Crippen LogP contribution in [0.5, 0.6) is 0 Å². The average molecular weight is 323 g/mol. The summed E-state index contributed by atoms with van der Waals surface area (Å²) in [6.45, 7) is 5.84. The first-order valence-corrected chi connectivity index (χ1v) is 7.29. The van der Waals surface area contributed by atoms with Crippen molar-refractivity contribution in [2.45, 2.75) is 50.5 Å². The minimum Gasteiger partial charge on any atom is -0.380 e. The van der Waals surface area contributed by atoms with Crippen molar-refractivity contribution in [3.63, 3.8) is 0 Å². The Bertz CT molecular complexity index is 569. The number of anilines is 1. The Balaban J connectivity index is 2.17. The van der Waals surface area contributed by atoms with Gasteiger partial charge in [-0.15, -0.1) is 0 Å². The Morgan fingerprint density at radius 1 is 1.35 bits per heavy atom. The molecule has 9 heteroatoms. The van der Waals surface area contributed by atoms with Gasteiger partial charge in [-0.3, -0.25) is 0 Å². The lowest BCUT2D eigenvalue weighted by Gasteiger charge is -2.45. The molecular weight excluding hydrogens is 305 g/mol. The van der Waals surface area contributed by atoms with Gasteiger partial charge in [0.2, 0.25) is 0 Å². The molecule has 1 aromatic rings. The zero-order valence-electron chi connectivity index (χ0n) is 13.2. The van der Waals surface area contributed by atoms with Crippen LogP contribution in [0.2, 0.25) is 0 Å². The fraction of sp³-hybridized carbons (Fsp3) is 0.643. The third kappa shape index (κ3) is 4.20. The molecule has 0 spiro atoms. The predicted octanol–water partition coefficient (Wildman–Crippen LogP) is 1.58. The lowest BCUT2D eigenvalue weighted by molar-refractivity contribution is -0.137. The van der Waals surface area contributed by atoms with E-state index in [1.165, 1.54) is 6.92 Å². The molecule has 23 heavy (non-hydrogen) atoms. The largest absolute Gasteiger partial charge is 0.417 e. The highest BCUT2D eigenvalue weighted by Gasteiger charge is 2.37. The van der Waals surface area contributed by atoms with Crippen molar-refractivity contribution in [2.75, 3.05) is 11.9 Å². The van der Waals surface area contributed by atoms with Crippen LogP contribution in [0.15, 0.2) is 12.3 Å². The highest BCUT2D eigenvalue weighted by atomic mass is 19.4. The van der Waals surface area contributed by atoms with Crippen molar-refractivity contribution in [3.8, 4) is 0 Å². The lowest BCUT2D eigenvalue weighted by Crippen LogP contribution is -2.66. The molecule has 2 rings (SSSR count). The van der Waals surface area contributed by atoms with E-state index in [-0.39, 0.29) is 18.0 Å². The quantitative estimate of drug-likeness (QED) is 0.829. The molecule has 3 atom stereocenters. The van der Waals surface area contributed by atoms with Gasteiger partial charge in [-0.25, -0.2) is 4.98 Å². The summed E-state index contributed by atoms with van der Waals surface area (Å²) in [7, 11) is 12.2. The number of pyridine rings is 1. The molecule has 1 aliphatic rings. The molecule has 1 aromatic heterocycles. The molecule has 2 N–H and O–H groups in total. The van der Waals surface area contributed by atoms with Crippen molar-refractivity contribution in [1.29, 1.82) is 0 Å². The second-order valence-electron chi connectivity index (χ2n) is 5.98. The summed E-state index contributed by atoms with van der Waals surface area (Å²) in [6.07, 6.45) is -3.93. The van der Waals surface area contributed by atoms with E-state index in [1.807, 2.05) is 13.8 Å². The zero-order chi connectivity index (χ0) is 17.4. The number of nitrogens with one attached hydrogen (secondary N) is 2. The Labute approximate surface area is 136 Å². The molecule has 0 amide bonds. The van der Waals surface area contributed by atoms with Gasteiger partial charge in [0.1, 0.15) is 5.82 Å². The number of nitrogens with zero attached hydrogens (tertiary/aromatic N) is 1. The van der Waals surface area contributed by atoms with Gasteiger partial charge < -0.3 is 15.4 Å². The molecule has 1 fully saturated rings. The van der Waals surface area contributed by atoms with Gasteiger partial charge >= 0.3 is 6.18 Å². The van der Waals surface area contributed by atoms with E-state index in [0.29, 0.717) is 12.1 Å². The first-order chi connectivity index (χ1) is 10.5. The number of ether oxygens (including phenoxy) is 1. The highest BCUT2D eigenvalue weighted by Crippen LogP contribution is 2.31. The van der Waals surface area contributed by atoms with Crippen LogP contribution >= 0.6 is 0 Å². The van der Waals surface area contributed by atoms with Gasteiger partial charge in [0.25, 0.3) is 0 Å². The van der Waals surface area contributed by atoms with Gasteiger partial charge in [-0.05, 0) is 37.7 Å². The van der Waals surface area contributed by atoms with Crippen molar-refractivity contribution < 1.29 is 17.9 Å². The van der Waals surface area contributed by atoms with Crippen LogP contribution in [0.25, 0.3) is 0 Å². The Kier molecular flexibility index (Phi) is 5.01. The molecule has 0 unspecified atom stereocenters. The SMILES string of the molecule is [B]C([B])(Nc1ncc(C(F)(F)F)cc1C)[C@H]1NC[C@@H](C)O[C@H]1C. The molecule has 0 bridgehead atoms. The second-order valence-corrected chi connectivity index (χ2v) is 5.98. The van der Waals surface area contributed by atoms with Crippen molar-refractivity contribution in [1.82, 2.24) is 10.3 Å². The van der Waals surface area contributed by atoms with E-state index in [1.54, 1.807) is 0 Å². The lowest BCUT2D eigenvalue weighted by atomic mass is 9.56. The summed E-state index contributed by atoms with van der Waals surface area (Å²) in [5.74, 6) is 0.204. The summed E-state index contributed by atoms with van der Waals surface area (Å²) >= 11 is 0. The van der Waals surface area contributed by atoms with Crippen LogP contribution in [0.3, 0.4) is 0 Å². The molecule has 4 nitrogen and oxygen atoms in total. The average Bonchev–Trinajstić information content (AvgIpc) is 2.39. The number of morpholine rings is 1. The maximum atomic E-state index is 12.7. The predicted molar refractivity (Wildman–Crippen MR) is 83.6 cm³/mol. The Morgan fingerprint density at radius 2 is 2.00 bits per heavy atom. The monoisotopic (exact) mass is 323 g/mol. The van der Waals surface area contributed by atoms with Crippen molar-refractivity contribution in [3.05, 3.63) is 23.4 Å². The van der Waals surface area contributed by atoms with E-state index in [4.69, 9.17) is 20.4 Å². The van der Waals surface area contributed by atoms with Crippen LogP contribution in [0.4, 0.5) is 19.0 Å². The molecular formula is C14H18B2F3N3O. The van der Waals surface area contributed by atoms with Crippen LogP contribution in [0, 0.1) is 6.92 Å². The fourth-order valence-corrected chi connectivity index (χ4v) is 2.65. The smallest absolute Gasteiger partial charge is 0.380 e. The van der Waals surface area contributed by atoms with Crippen LogP contribution in [-0.2, 0) is 10.9 Å². The topological polar surface area (TPSA) is 46.2 Å². The first kappa shape index (κ1) is 18.1. The summed E-state index contributed by atoms with van der Waals surface area (Å²) in [5.41, 5.74) is -0.514. The number of rotatable bonds is 3. The molecule has 1 aliphatic heterocycles. The molecule has 0 aromatic carbocycles. The van der Waals surface area contributed by atoms with Crippen molar-refractivity contribution >= 4 is 21.5 Å². The minimum absolute atomic E-state index is 0.0305. The normalized spacial score (nSPS) is 26.1. The zero-order valence-corrected chi connectivity index (χ0v) is 13.2. The van der Waals surface area contributed by atoms with Crippen LogP contribution in [0.1, 0.15) is 25.0 Å². The van der Waals surface area contributed by atoms with Gasteiger partial charge in [0.05, 0.1) is 33.5 Å². The van der Waals surface area contributed by atoms with E-state index in [9.17, 15) is 13.2 Å². The van der Waals surface area contributed by atoms with E-state index in [0.717, 1.165) is 12.3 Å². The van der Waals surface area contributed by atoms with Crippen molar-refractivity contribution in [2.24, 2.45) is 0 Å². The van der Waals surface area contributed by atoms with E-state index in [2.05, 4.69) is 15.6 Å². The maximum absolute atomic E-state index is 12.7. The van der Waals surface area contributed by atoms with E-state index >= 15 is 0 Å². The minimum atomic E-state index is -4.44. The molecule has 0 aliphatic carbocycles. The number of hydrogen-bond acceptors (Lipinski definition) is 4. The van der Waals surface area contributed by atoms with Crippen LogP contribution in [-0.4, -0.2) is 50.8 Å². The molecule has 2 heterocycles. The van der Waals surface area contributed by atoms with E-state index < -0.39 is 23.1 Å².